The summed E-state index contributed by atoms with van der Waals surface area (Å²) >= 11 is 1.56. The van der Waals surface area contributed by atoms with E-state index in [0.29, 0.717) is 5.65 Å². The second kappa shape index (κ2) is 5.18. The average molecular weight is 249 g/mol. The molecule has 0 bridgehead atoms. The maximum absolute atomic E-state index is 4.34. The van der Waals surface area contributed by atoms with E-state index < -0.39 is 0 Å². The molecule has 2 aromatic heterocycles. The first kappa shape index (κ1) is 11.9. The summed E-state index contributed by atoms with van der Waals surface area (Å²) in [5, 5.41) is 4.10. The maximum Gasteiger partial charge on any atom is 0.183 e. The van der Waals surface area contributed by atoms with E-state index in [1.807, 2.05) is 6.26 Å². The van der Waals surface area contributed by atoms with E-state index in [9.17, 15) is 0 Å². The number of allylic oxidation sites excluding steroid dienone is 1. The number of hydrogen-bond acceptors (Lipinski definition) is 5. The molecule has 2 N–H and O–H groups in total. The van der Waals surface area contributed by atoms with Gasteiger partial charge in [0.1, 0.15) is 11.8 Å². The fraction of sp³-hybridized carbons (Fsp3) is 0.364. The molecule has 0 saturated carbocycles. The summed E-state index contributed by atoms with van der Waals surface area (Å²) in [5.41, 5.74) is 2.83. The molecule has 0 fully saturated rings. The number of aromatic amines is 1. The average Bonchev–Trinajstić information content (AvgIpc) is 2.72. The molecule has 0 amide bonds. The van der Waals surface area contributed by atoms with Crippen LogP contribution in [-0.4, -0.2) is 32.7 Å². The van der Waals surface area contributed by atoms with Crippen LogP contribution in [0.1, 0.15) is 13.8 Å². The Labute approximate surface area is 104 Å². The van der Waals surface area contributed by atoms with Gasteiger partial charge in [-0.15, -0.1) is 0 Å². The summed E-state index contributed by atoms with van der Waals surface area (Å²) in [6.07, 6.45) is 5.61. The second-order valence-electron chi connectivity index (χ2n) is 3.83. The number of H-pyrrole nitrogens is 1. The van der Waals surface area contributed by atoms with Crippen LogP contribution < -0.4 is 5.32 Å². The Balaban J connectivity index is 2.27. The van der Waals surface area contributed by atoms with Crippen molar-refractivity contribution >= 4 is 28.7 Å². The Hall–Kier alpha value is -1.56. The Morgan fingerprint density at radius 1 is 1.47 bits per heavy atom. The van der Waals surface area contributed by atoms with Crippen LogP contribution in [-0.2, 0) is 0 Å². The lowest BCUT2D eigenvalue weighted by atomic mass is 10.3. The van der Waals surface area contributed by atoms with Crippen molar-refractivity contribution < 1.29 is 0 Å². The molecule has 6 heteroatoms. The van der Waals surface area contributed by atoms with Crippen molar-refractivity contribution in [3.8, 4) is 0 Å². The molecule has 2 aromatic rings. The van der Waals surface area contributed by atoms with Crippen LogP contribution in [0.5, 0.6) is 0 Å². The Bertz CT molecular complexity index is 542. The largest absolute Gasteiger partial charge is 0.365 e. The highest BCUT2D eigenvalue weighted by Gasteiger charge is 2.07. The van der Waals surface area contributed by atoms with Crippen LogP contribution in [0.3, 0.4) is 0 Å². The van der Waals surface area contributed by atoms with Crippen molar-refractivity contribution in [2.45, 2.75) is 19.0 Å². The third kappa shape index (κ3) is 2.76. The van der Waals surface area contributed by atoms with Crippen LogP contribution in [0.25, 0.3) is 11.2 Å². The lowest BCUT2D eigenvalue weighted by molar-refractivity contribution is 1.08. The van der Waals surface area contributed by atoms with E-state index in [-0.39, 0.29) is 0 Å². The molecule has 2 rings (SSSR count). The van der Waals surface area contributed by atoms with Crippen molar-refractivity contribution in [2.24, 2.45) is 0 Å². The summed E-state index contributed by atoms with van der Waals surface area (Å²) in [6, 6.07) is 0. The van der Waals surface area contributed by atoms with Crippen LogP contribution in [0.4, 0.5) is 5.82 Å². The molecule has 0 atom stereocenters. The topological polar surface area (TPSA) is 66.5 Å². The smallest absolute Gasteiger partial charge is 0.183 e. The first-order valence-electron chi connectivity index (χ1n) is 5.32. The highest BCUT2D eigenvalue weighted by atomic mass is 32.2. The molecule has 0 aliphatic carbocycles. The number of hydrogen-bond donors (Lipinski definition) is 2. The molecule has 0 unspecified atom stereocenters. The molecular weight excluding hydrogens is 234 g/mol. The number of imidazole rings is 1. The number of rotatable bonds is 4. The second-order valence-corrected chi connectivity index (χ2v) is 4.62. The molecule has 17 heavy (non-hydrogen) atoms. The third-order valence-corrected chi connectivity index (χ3v) is 2.82. The summed E-state index contributed by atoms with van der Waals surface area (Å²) in [5.74, 6) is 0.792. The van der Waals surface area contributed by atoms with Gasteiger partial charge in [0.05, 0.1) is 0 Å². The molecule has 5 nitrogen and oxygen atoms in total. The molecule has 0 radical (unpaired) electrons. The number of anilines is 1. The zero-order valence-corrected chi connectivity index (χ0v) is 10.9. The summed E-state index contributed by atoms with van der Waals surface area (Å²) in [6.45, 7) is 4.89. The molecule has 2 heterocycles. The monoisotopic (exact) mass is 249 g/mol. The highest BCUT2D eigenvalue weighted by Crippen LogP contribution is 2.20. The number of nitrogens with zero attached hydrogens (tertiary/aromatic N) is 3. The van der Waals surface area contributed by atoms with Gasteiger partial charge in [-0.1, -0.05) is 23.4 Å². The molecule has 0 spiro atoms. The van der Waals surface area contributed by atoms with Crippen LogP contribution in [0.15, 0.2) is 23.1 Å². The zero-order chi connectivity index (χ0) is 12.3. The van der Waals surface area contributed by atoms with E-state index in [0.717, 1.165) is 23.0 Å². The van der Waals surface area contributed by atoms with E-state index in [4.69, 9.17) is 0 Å². The summed E-state index contributed by atoms with van der Waals surface area (Å²) in [4.78, 5) is 15.9. The number of fused-ring (bicyclic) bond motifs is 1. The first-order chi connectivity index (χ1) is 8.20. The minimum atomic E-state index is 0.698. The molecule has 0 aromatic carbocycles. The van der Waals surface area contributed by atoms with Gasteiger partial charge in [0.25, 0.3) is 0 Å². The van der Waals surface area contributed by atoms with Crippen molar-refractivity contribution in [3.05, 3.63) is 18.0 Å². The van der Waals surface area contributed by atoms with Gasteiger partial charge in [0, 0.05) is 6.54 Å². The third-order valence-electron chi connectivity index (χ3n) is 2.24. The number of aromatic nitrogens is 4. The number of thioether (sulfide) groups is 1. The van der Waals surface area contributed by atoms with Gasteiger partial charge in [0.15, 0.2) is 16.6 Å². The summed E-state index contributed by atoms with van der Waals surface area (Å²) < 4.78 is 0. The maximum atomic E-state index is 4.34. The van der Waals surface area contributed by atoms with Crippen molar-refractivity contribution in [3.63, 3.8) is 0 Å². The zero-order valence-electron chi connectivity index (χ0n) is 10.1. The van der Waals surface area contributed by atoms with E-state index in [2.05, 4.69) is 45.2 Å². The predicted octanol–water partition coefficient (Wildman–Crippen LogP) is 2.45. The summed E-state index contributed by atoms with van der Waals surface area (Å²) in [7, 11) is 0. The molecule has 0 aliphatic heterocycles. The van der Waals surface area contributed by atoms with E-state index >= 15 is 0 Å². The van der Waals surface area contributed by atoms with Crippen molar-refractivity contribution in [1.82, 2.24) is 19.9 Å². The van der Waals surface area contributed by atoms with Gasteiger partial charge in [-0.05, 0) is 20.1 Å². The van der Waals surface area contributed by atoms with E-state index in [1.54, 1.807) is 11.8 Å². The molecule has 90 valence electrons. The van der Waals surface area contributed by atoms with Crippen LogP contribution in [0.2, 0.25) is 0 Å². The highest BCUT2D eigenvalue weighted by molar-refractivity contribution is 7.98. The Kier molecular flexibility index (Phi) is 3.63. The van der Waals surface area contributed by atoms with Gasteiger partial charge in [0.2, 0.25) is 0 Å². The lowest BCUT2D eigenvalue weighted by Gasteiger charge is -2.02. The normalized spacial score (nSPS) is 10.5. The fourth-order valence-electron chi connectivity index (χ4n) is 1.39. The van der Waals surface area contributed by atoms with Gasteiger partial charge in [-0.3, -0.25) is 0 Å². The molecule has 0 aliphatic rings. The predicted molar refractivity (Wildman–Crippen MR) is 71.4 cm³/mol. The first-order valence-corrected chi connectivity index (χ1v) is 6.55. The Morgan fingerprint density at radius 3 is 3.00 bits per heavy atom. The van der Waals surface area contributed by atoms with E-state index in [1.165, 1.54) is 11.9 Å². The lowest BCUT2D eigenvalue weighted by Crippen LogP contribution is -2.02. The minimum absolute atomic E-state index is 0.698. The standard InChI is InChI=1S/C11H15N5S/c1-7(2)4-5-12-9-8-10(14-6-13-9)16-11(15-8)17-3/h4,6H,5H2,1-3H3,(H2,12,13,14,15,16). The van der Waals surface area contributed by atoms with Crippen molar-refractivity contribution in [1.29, 1.82) is 0 Å². The molecule has 0 saturated heterocycles. The van der Waals surface area contributed by atoms with Gasteiger partial charge in [-0.2, -0.15) is 0 Å². The fourth-order valence-corrected chi connectivity index (χ4v) is 1.77. The quantitative estimate of drug-likeness (QED) is 0.643. The SMILES string of the molecule is CSc1nc2ncnc(NCC=C(C)C)c2[nH]1. The Morgan fingerprint density at radius 2 is 2.29 bits per heavy atom. The van der Waals surface area contributed by atoms with Crippen LogP contribution in [0, 0.1) is 0 Å². The van der Waals surface area contributed by atoms with Crippen LogP contribution >= 0.6 is 11.8 Å². The van der Waals surface area contributed by atoms with Gasteiger partial charge < -0.3 is 10.3 Å². The number of nitrogens with one attached hydrogen (secondary N) is 2. The minimum Gasteiger partial charge on any atom is -0.365 e. The van der Waals surface area contributed by atoms with Gasteiger partial charge >= 0.3 is 0 Å². The molecular formula is C11H15N5S. The van der Waals surface area contributed by atoms with Gasteiger partial charge in [-0.25, -0.2) is 15.0 Å². The van der Waals surface area contributed by atoms with Crippen molar-refractivity contribution in [2.75, 3.05) is 18.1 Å².